The maximum atomic E-state index is 12.7. The Labute approximate surface area is 150 Å². The van der Waals surface area contributed by atoms with Crippen molar-refractivity contribution >= 4 is 26.9 Å². The zero-order valence-electron chi connectivity index (χ0n) is 13.9. The van der Waals surface area contributed by atoms with Gasteiger partial charge in [-0.1, -0.05) is 18.2 Å². The summed E-state index contributed by atoms with van der Waals surface area (Å²) in [4.78, 5) is 24.9. The summed E-state index contributed by atoms with van der Waals surface area (Å²) in [6.45, 7) is 1.56. The summed E-state index contributed by atoms with van der Waals surface area (Å²) in [7, 11) is -3.51. The minimum atomic E-state index is -3.51. The molecular weight excluding hydrogens is 354 g/mol. The van der Waals surface area contributed by atoms with E-state index in [1.54, 1.807) is 42.6 Å². The average molecular weight is 371 g/mol. The lowest BCUT2D eigenvalue weighted by atomic mass is 10.2. The Morgan fingerprint density at radius 3 is 2.42 bits per heavy atom. The lowest BCUT2D eigenvalue weighted by Gasteiger charge is -2.34. The lowest BCUT2D eigenvalue weighted by Crippen LogP contribution is -2.49. The third-order valence-corrected chi connectivity index (χ3v) is 6.31. The van der Waals surface area contributed by atoms with E-state index >= 15 is 0 Å². The molecule has 1 saturated heterocycles. The highest BCUT2D eigenvalue weighted by atomic mass is 32.2. The second kappa shape index (κ2) is 6.50. The minimum absolute atomic E-state index is 0.289. The fourth-order valence-electron chi connectivity index (χ4n) is 3.09. The topological polar surface area (TPSA) is 99.3 Å². The second-order valence-corrected chi connectivity index (χ2v) is 7.91. The maximum absolute atomic E-state index is 12.7. The van der Waals surface area contributed by atoms with Gasteiger partial charge < -0.3 is 4.90 Å². The number of fused-ring (bicyclic) bond motifs is 1. The first kappa shape index (κ1) is 16.7. The van der Waals surface area contributed by atoms with Gasteiger partial charge in [-0.2, -0.15) is 9.29 Å². The van der Waals surface area contributed by atoms with E-state index in [0.717, 1.165) is 5.39 Å². The van der Waals surface area contributed by atoms with E-state index in [0.29, 0.717) is 37.6 Å². The van der Waals surface area contributed by atoms with Gasteiger partial charge in [0.1, 0.15) is 11.5 Å². The molecule has 1 aliphatic rings. The van der Waals surface area contributed by atoms with Gasteiger partial charge in [-0.25, -0.2) is 18.2 Å². The molecule has 0 amide bonds. The van der Waals surface area contributed by atoms with Crippen molar-refractivity contribution in [1.29, 1.82) is 0 Å². The van der Waals surface area contributed by atoms with Crippen LogP contribution in [-0.2, 0) is 10.0 Å². The Balaban J connectivity index is 1.59. The van der Waals surface area contributed by atoms with Gasteiger partial charge in [0, 0.05) is 32.4 Å². The summed E-state index contributed by atoms with van der Waals surface area (Å²) < 4.78 is 26.9. The monoisotopic (exact) mass is 371 g/mol. The summed E-state index contributed by atoms with van der Waals surface area (Å²) in [6, 6.07) is 12.0. The number of aromatic amines is 1. The Morgan fingerprint density at radius 1 is 0.962 bits per heavy atom. The number of aromatic nitrogens is 3. The number of anilines is 1. The van der Waals surface area contributed by atoms with Gasteiger partial charge in [-0.3, -0.25) is 4.98 Å². The lowest BCUT2D eigenvalue weighted by molar-refractivity contribution is 0.384. The number of hydrogen-bond acceptors (Lipinski definition) is 6. The SMILES string of the molecule is O=c1nc(N2CCN(S(=O)(=O)c3ccccc3)CC2)c2cccnc2[nH]1. The molecule has 0 atom stereocenters. The molecule has 26 heavy (non-hydrogen) atoms. The van der Waals surface area contributed by atoms with Crippen molar-refractivity contribution in [3.63, 3.8) is 0 Å². The molecule has 1 aromatic carbocycles. The molecule has 1 fully saturated rings. The van der Waals surface area contributed by atoms with Crippen molar-refractivity contribution in [2.24, 2.45) is 0 Å². The Bertz CT molecular complexity index is 1090. The van der Waals surface area contributed by atoms with Crippen LogP contribution in [0.25, 0.3) is 11.0 Å². The number of hydrogen-bond donors (Lipinski definition) is 1. The van der Waals surface area contributed by atoms with Crippen LogP contribution < -0.4 is 10.6 Å². The molecule has 1 aliphatic heterocycles. The van der Waals surface area contributed by atoms with Crippen molar-refractivity contribution in [1.82, 2.24) is 19.3 Å². The molecule has 4 rings (SSSR count). The number of pyridine rings is 1. The van der Waals surface area contributed by atoms with E-state index in [1.165, 1.54) is 4.31 Å². The molecule has 0 unspecified atom stereocenters. The molecule has 0 spiro atoms. The van der Waals surface area contributed by atoms with Crippen LogP contribution >= 0.6 is 0 Å². The van der Waals surface area contributed by atoms with E-state index in [-0.39, 0.29) is 4.90 Å². The molecular formula is C17H17N5O3S. The van der Waals surface area contributed by atoms with Crippen molar-refractivity contribution in [3.8, 4) is 0 Å². The largest absolute Gasteiger partial charge is 0.353 e. The number of benzene rings is 1. The van der Waals surface area contributed by atoms with Gasteiger partial charge in [0.25, 0.3) is 0 Å². The molecule has 0 aliphatic carbocycles. The predicted octanol–water partition coefficient (Wildman–Crippen LogP) is 0.829. The van der Waals surface area contributed by atoms with E-state index in [4.69, 9.17) is 0 Å². The van der Waals surface area contributed by atoms with E-state index in [2.05, 4.69) is 15.0 Å². The third kappa shape index (κ3) is 2.95. The summed E-state index contributed by atoms with van der Waals surface area (Å²) in [5, 5.41) is 0.742. The van der Waals surface area contributed by atoms with Crippen LogP contribution in [0.4, 0.5) is 5.82 Å². The second-order valence-electron chi connectivity index (χ2n) is 5.97. The van der Waals surface area contributed by atoms with Gasteiger partial charge in [0.2, 0.25) is 10.0 Å². The number of nitrogens with one attached hydrogen (secondary N) is 1. The predicted molar refractivity (Wildman–Crippen MR) is 97.6 cm³/mol. The maximum Gasteiger partial charge on any atom is 0.348 e. The molecule has 3 aromatic rings. The molecule has 0 radical (unpaired) electrons. The first-order valence-electron chi connectivity index (χ1n) is 8.21. The van der Waals surface area contributed by atoms with Crippen molar-refractivity contribution in [3.05, 3.63) is 59.1 Å². The smallest absolute Gasteiger partial charge is 0.348 e. The molecule has 0 bridgehead atoms. The van der Waals surface area contributed by atoms with Crippen LogP contribution in [0, 0.1) is 0 Å². The standard InChI is InChI=1S/C17H17N5O3S/c23-17-19-15-14(7-4-8-18-15)16(20-17)21-9-11-22(12-10-21)26(24,25)13-5-2-1-3-6-13/h1-8H,9-12H2,(H,18,19,20,23). The summed E-state index contributed by atoms with van der Waals surface area (Å²) in [5.74, 6) is 0.536. The van der Waals surface area contributed by atoms with Gasteiger partial charge in [0.15, 0.2) is 0 Å². The number of H-pyrrole nitrogens is 1. The van der Waals surface area contributed by atoms with Crippen LogP contribution in [0.5, 0.6) is 0 Å². The average Bonchev–Trinajstić information content (AvgIpc) is 2.68. The van der Waals surface area contributed by atoms with Crippen molar-refractivity contribution in [2.75, 3.05) is 31.1 Å². The van der Waals surface area contributed by atoms with E-state index in [9.17, 15) is 13.2 Å². The first-order chi connectivity index (χ1) is 12.6. The van der Waals surface area contributed by atoms with Gasteiger partial charge in [0.05, 0.1) is 10.3 Å². The molecule has 9 heteroatoms. The Kier molecular flexibility index (Phi) is 4.17. The highest BCUT2D eigenvalue weighted by Crippen LogP contribution is 2.23. The van der Waals surface area contributed by atoms with Crippen LogP contribution in [0.1, 0.15) is 0 Å². The summed E-state index contributed by atoms with van der Waals surface area (Å²) >= 11 is 0. The van der Waals surface area contributed by atoms with Gasteiger partial charge in [-0.05, 0) is 24.3 Å². The highest BCUT2D eigenvalue weighted by molar-refractivity contribution is 7.89. The Morgan fingerprint density at radius 2 is 1.69 bits per heavy atom. The number of sulfonamides is 1. The van der Waals surface area contributed by atoms with Crippen molar-refractivity contribution < 1.29 is 8.42 Å². The fourth-order valence-corrected chi connectivity index (χ4v) is 4.54. The summed E-state index contributed by atoms with van der Waals surface area (Å²) in [5.41, 5.74) is 0.00683. The fraction of sp³-hybridized carbons (Fsp3) is 0.235. The molecule has 1 N–H and O–H groups in total. The number of piperazine rings is 1. The van der Waals surface area contributed by atoms with Gasteiger partial charge >= 0.3 is 5.69 Å². The molecule has 8 nitrogen and oxygen atoms in total. The van der Waals surface area contributed by atoms with Crippen LogP contribution in [0.2, 0.25) is 0 Å². The zero-order valence-corrected chi connectivity index (χ0v) is 14.7. The van der Waals surface area contributed by atoms with Crippen LogP contribution in [0.3, 0.4) is 0 Å². The number of rotatable bonds is 3. The van der Waals surface area contributed by atoms with Gasteiger partial charge in [-0.15, -0.1) is 0 Å². The highest BCUT2D eigenvalue weighted by Gasteiger charge is 2.29. The third-order valence-electron chi connectivity index (χ3n) is 4.40. The quantitative estimate of drug-likeness (QED) is 0.732. The molecule has 134 valence electrons. The van der Waals surface area contributed by atoms with Crippen LogP contribution in [0.15, 0.2) is 58.4 Å². The normalized spacial score (nSPS) is 16.1. The number of nitrogens with zero attached hydrogens (tertiary/aromatic N) is 4. The Hall–Kier alpha value is -2.78. The molecule has 0 saturated carbocycles. The summed E-state index contributed by atoms with van der Waals surface area (Å²) in [6.07, 6.45) is 1.60. The molecule has 2 aromatic heterocycles. The van der Waals surface area contributed by atoms with Crippen LogP contribution in [-0.4, -0.2) is 53.9 Å². The van der Waals surface area contributed by atoms with E-state index in [1.807, 2.05) is 11.0 Å². The zero-order chi connectivity index (χ0) is 18.1. The molecule has 3 heterocycles. The first-order valence-corrected chi connectivity index (χ1v) is 9.65. The van der Waals surface area contributed by atoms with E-state index < -0.39 is 15.7 Å². The van der Waals surface area contributed by atoms with Crippen molar-refractivity contribution in [2.45, 2.75) is 4.90 Å². The minimum Gasteiger partial charge on any atom is -0.353 e.